The van der Waals surface area contributed by atoms with Gasteiger partial charge < -0.3 is 10.4 Å². The maximum Gasteiger partial charge on any atom is 0.0445 e. The zero-order valence-corrected chi connectivity index (χ0v) is 8.92. The van der Waals surface area contributed by atoms with Crippen molar-refractivity contribution in [2.45, 2.75) is 58.0 Å². The van der Waals surface area contributed by atoms with E-state index in [1.165, 1.54) is 25.7 Å². The highest BCUT2D eigenvalue weighted by molar-refractivity contribution is 4.80. The predicted molar refractivity (Wildman–Crippen MR) is 55.7 cm³/mol. The van der Waals surface area contributed by atoms with Crippen LogP contribution in [0.5, 0.6) is 0 Å². The maximum atomic E-state index is 8.92. The van der Waals surface area contributed by atoms with Gasteiger partial charge in [-0.3, -0.25) is 0 Å². The molecule has 0 aromatic carbocycles. The Hall–Kier alpha value is -0.0800. The lowest BCUT2D eigenvalue weighted by Gasteiger charge is -2.25. The molecule has 0 aromatic rings. The van der Waals surface area contributed by atoms with Crippen LogP contribution in [0, 0.1) is 5.92 Å². The van der Waals surface area contributed by atoms with Crippen molar-refractivity contribution in [3.63, 3.8) is 0 Å². The summed E-state index contributed by atoms with van der Waals surface area (Å²) in [5, 5.41) is 12.6. The second-order valence-corrected chi connectivity index (χ2v) is 4.51. The lowest BCUT2D eigenvalue weighted by atomic mass is 10.00. The molecule has 0 aromatic heterocycles. The average molecular weight is 185 g/mol. The zero-order chi connectivity index (χ0) is 9.68. The van der Waals surface area contributed by atoms with Gasteiger partial charge in [0.15, 0.2) is 0 Å². The summed E-state index contributed by atoms with van der Waals surface area (Å²) >= 11 is 0. The molecule has 1 saturated carbocycles. The number of rotatable bonds is 5. The van der Waals surface area contributed by atoms with Gasteiger partial charge in [0.1, 0.15) is 0 Å². The minimum atomic E-state index is 0.308. The Labute approximate surface area is 81.7 Å². The van der Waals surface area contributed by atoms with E-state index in [1.807, 2.05) is 0 Å². The van der Waals surface area contributed by atoms with Crippen LogP contribution < -0.4 is 5.32 Å². The second kappa shape index (κ2) is 5.61. The third-order valence-electron chi connectivity index (χ3n) is 3.05. The quantitative estimate of drug-likeness (QED) is 0.686. The Balaban J connectivity index is 2.27. The van der Waals surface area contributed by atoms with Crippen molar-refractivity contribution in [1.82, 2.24) is 5.32 Å². The Kier molecular flexibility index (Phi) is 4.74. The van der Waals surface area contributed by atoms with Crippen molar-refractivity contribution in [2.24, 2.45) is 5.92 Å². The molecule has 0 aliphatic heterocycles. The molecular weight excluding hydrogens is 162 g/mol. The zero-order valence-electron chi connectivity index (χ0n) is 8.92. The number of aliphatic hydroxyl groups is 1. The standard InChI is InChI=1S/C11H23NO/c1-9(2)11(7-8-13)12-10-5-3-4-6-10/h9-13H,3-8H2,1-2H3. The van der Waals surface area contributed by atoms with Crippen LogP contribution >= 0.6 is 0 Å². The van der Waals surface area contributed by atoms with Crippen LogP contribution in [0.2, 0.25) is 0 Å². The van der Waals surface area contributed by atoms with Crippen LogP contribution in [0.1, 0.15) is 46.0 Å². The second-order valence-electron chi connectivity index (χ2n) is 4.51. The maximum absolute atomic E-state index is 8.92. The molecule has 78 valence electrons. The third-order valence-corrected chi connectivity index (χ3v) is 3.05. The highest BCUT2D eigenvalue weighted by Gasteiger charge is 2.20. The Morgan fingerprint density at radius 3 is 2.38 bits per heavy atom. The molecule has 0 radical (unpaired) electrons. The molecule has 1 aliphatic rings. The lowest BCUT2D eigenvalue weighted by Crippen LogP contribution is -2.40. The first-order valence-electron chi connectivity index (χ1n) is 5.61. The van der Waals surface area contributed by atoms with Crippen molar-refractivity contribution in [2.75, 3.05) is 6.61 Å². The highest BCUT2D eigenvalue weighted by atomic mass is 16.3. The Morgan fingerprint density at radius 1 is 1.31 bits per heavy atom. The van der Waals surface area contributed by atoms with E-state index in [2.05, 4.69) is 19.2 Å². The van der Waals surface area contributed by atoms with E-state index in [0.717, 1.165) is 12.5 Å². The molecular formula is C11H23NO. The molecule has 0 bridgehead atoms. The molecule has 0 spiro atoms. The molecule has 2 nitrogen and oxygen atoms in total. The van der Waals surface area contributed by atoms with Gasteiger partial charge in [0.2, 0.25) is 0 Å². The Bertz CT molecular complexity index is 130. The van der Waals surface area contributed by atoms with Gasteiger partial charge >= 0.3 is 0 Å². The number of nitrogens with one attached hydrogen (secondary N) is 1. The summed E-state index contributed by atoms with van der Waals surface area (Å²) in [7, 11) is 0. The molecule has 1 aliphatic carbocycles. The number of hydrogen-bond acceptors (Lipinski definition) is 2. The summed E-state index contributed by atoms with van der Waals surface area (Å²) < 4.78 is 0. The van der Waals surface area contributed by atoms with Gasteiger partial charge in [-0.2, -0.15) is 0 Å². The molecule has 0 amide bonds. The fraction of sp³-hybridized carbons (Fsp3) is 1.00. The van der Waals surface area contributed by atoms with Gasteiger partial charge in [0.05, 0.1) is 0 Å². The Morgan fingerprint density at radius 2 is 1.92 bits per heavy atom. The molecule has 1 rings (SSSR count). The minimum Gasteiger partial charge on any atom is -0.396 e. The van der Waals surface area contributed by atoms with Crippen LogP contribution in [0.4, 0.5) is 0 Å². The van der Waals surface area contributed by atoms with E-state index >= 15 is 0 Å². The summed E-state index contributed by atoms with van der Waals surface area (Å²) in [4.78, 5) is 0. The topological polar surface area (TPSA) is 32.3 Å². The monoisotopic (exact) mass is 185 g/mol. The molecule has 2 heteroatoms. The molecule has 13 heavy (non-hydrogen) atoms. The van der Waals surface area contributed by atoms with Crippen LogP contribution in [-0.2, 0) is 0 Å². The normalized spacial score (nSPS) is 21.2. The van der Waals surface area contributed by atoms with Gasteiger partial charge in [0.25, 0.3) is 0 Å². The molecule has 1 unspecified atom stereocenters. The van der Waals surface area contributed by atoms with E-state index < -0.39 is 0 Å². The van der Waals surface area contributed by atoms with Gasteiger partial charge in [-0.05, 0) is 25.2 Å². The van der Waals surface area contributed by atoms with Gasteiger partial charge in [-0.1, -0.05) is 26.7 Å². The first-order chi connectivity index (χ1) is 6.24. The summed E-state index contributed by atoms with van der Waals surface area (Å²) in [6.07, 6.45) is 6.31. The number of aliphatic hydroxyl groups excluding tert-OH is 1. The van der Waals surface area contributed by atoms with Crippen LogP contribution in [0.3, 0.4) is 0 Å². The number of hydrogen-bond donors (Lipinski definition) is 2. The largest absolute Gasteiger partial charge is 0.396 e. The molecule has 1 fully saturated rings. The fourth-order valence-corrected chi connectivity index (χ4v) is 2.14. The predicted octanol–water partition coefficient (Wildman–Crippen LogP) is 1.93. The highest BCUT2D eigenvalue weighted by Crippen LogP contribution is 2.20. The van der Waals surface area contributed by atoms with Gasteiger partial charge in [-0.25, -0.2) is 0 Å². The minimum absolute atomic E-state index is 0.308. The van der Waals surface area contributed by atoms with Crippen molar-refractivity contribution < 1.29 is 5.11 Å². The van der Waals surface area contributed by atoms with E-state index in [-0.39, 0.29) is 0 Å². The molecule has 0 heterocycles. The van der Waals surface area contributed by atoms with E-state index in [9.17, 15) is 0 Å². The van der Waals surface area contributed by atoms with E-state index in [0.29, 0.717) is 18.6 Å². The first-order valence-corrected chi connectivity index (χ1v) is 5.61. The summed E-state index contributed by atoms with van der Waals surface area (Å²) in [5.41, 5.74) is 0. The van der Waals surface area contributed by atoms with Crippen molar-refractivity contribution in [1.29, 1.82) is 0 Å². The lowest BCUT2D eigenvalue weighted by molar-refractivity contribution is 0.235. The molecule has 2 N–H and O–H groups in total. The van der Waals surface area contributed by atoms with E-state index in [1.54, 1.807) is 0 Å². The summed E-state index contributed by atoms with van der Waals surface area (Å²) in [6.45, 7) is 4.76. The smallest absolute Gasteiger partial charge is 0.0445 e. The molecule has 1 atom stereocenters. The van der Waals surface area contributed by atoms with Gasteiger partial charge in [-0.15, -0.1) is 0 Å². The SMILES string of the molecule is CC(C)C(CCO)NC1CCCC1. The van der Waals surface area contributed by atoms with Crippen LogP contribution in [0.15, 0.2) is 0 Å². The van der Waals surface area contributed by atoms with Crippen molar-refractivity contribution >= 4 is 0 Å². The third kappa shape index (κ3) is 3.65. The van der Waals surface area contributed by atoms with E-state index in [4.69, 9.17) is 5.11 Å². The molecule has 0 saturated heterocycles. The fourth-order valence-electron chi connectivity index (χ4n) is 2.14. The van der Waals surface area contributed by atoms with Crippen molar-refractivity contribution in [3.8, 4) is 0 Å². The van der Waals surface area contributed by atoms with Gasteiger partial charge in [0, 0.05) is 18.7 Å². The summed E-state index contributed by atoms with van der Waals surface area (Å²) in [6, 6.07) is 1.23. The van der Waals surface area contributed by atoms with Crippen LogP contribution in [0.25, 0.3) is 0 Å². The van der Waals surface area contributed by atoms with Crippen molar-refractivity contribution in [3.05, 3.63) is 0 Å². The first kappa shape index (κ1) is 11.0. The average Bonchev–Trinajstić information content (AvgIpc) is 2.56. The van der Waals surface area contributed by atoms with Crippen LogP contribution in [-0.4, -0.2) is 23.8 Å². The summed E-state index contributed by atoms with van der Waals surface area (Å²) in [5.74, 6) is 0.632.